The molecule has 0 aliphatic heterocycles. The Kier molecular flexibility index (Phi) is 4.05. The van der Waals surface area contributed by atoms with Crippen LogP contribution in [0.4, 0.5) is 0 Å². The van der Waals surface area contributed by atoms with Crippen LogP contribution in [-0.2, 0) is 11.3 Å². The van der Waals surface area contributed by atoms with Gasteiger partial charge in [0.25, 0.3) is 5.56 Å². The van der Waals surface area contributed by atoms with Crippen LogP contribution in [0.5, 0.6) is 0 Å². The number of primary amides is 1. The first-order valence-corrected chi connectivity index (χ1v) is 4.73. The molecule has 0 aliphatic carbocycles. The minimum absolute atomic E-state index is 0.229. The molecule has 1 aromatic heterocycles. The van der Waals surface area contributed by atoms with Gasteiger partial charge < -0.3 is 15.0 Å². The van der Waals surface area contributed by atoms with E-state index in [1.165, 1.54) is 16.7 Å². The van der Waals surface area contributed by atoms with Crippen molar-refractivity contribution in [3.05, 3.63) is 34.2 Å². The summed E-state index contributed by atoms with van der Waals surface area (Å²) >= 11 is 0. The lowest BCUT2D eigenvalue weighted by Gasteiger charge is -2.05. The van der Waals surface area contributed by atoms with Crippen molar-refractivity contribution in [2.45, 2.75) is 13.5 Å². The van der Waals surface area contributed by atoms with Crippen molar-refractivity contribution >= 4 is 5.91 Å². The number of pyridine rings is 1. The smallest absolute Gasteiger partial charge is 0.251 e. The van der Waals surface area contributed by atoms with Gasteiger partial charge in [0, 0.05) is 31.0 Å². The van der Waals surface area contributed by atoms with Crippen molar-refractivity contribution in [1.29, 1.82) is 0 Å². The monoisotopic (exact) mass is 210 g/mol. The summed E-state index contributed by atoms with van der Waals surface area (Å²) in [5.74, 6) is -0.593. The number of ether oxygens (including phenoxy) is 1. The van der Waals surface area contributed by atoms with Crippen LogP contribution < -0.4 is 11.3 Å². The van der Waals surface area contributed by atoms with E-state index in [9.17, 15) is 9.59 Å². The first-order chi connectivity index (χ1) is 7.15. The average molecular weight is 210 g/mol. The summed E-state index contributed by atoms with van der Waals surface area (Å²) in [6.45, 7) is 3.46. The van der Waals surface area contributed by atoms with Gasteiger partial charge in [0.1, 0.15) is 0 Å². The number of carbonyl (C=O) groups excluding carboxylic acids is 1. The van der Waals surface area contributed by atoms with Gasteiger partial charge in [-0.3, -0.25) is 9.59 Å². The second-order valence-electron chi connectivity index (χ2n) is 3.01. The van der Waals surface area contributed by atoms with E-state index >= 15 is 0 Å². The van der Waals surface area contributed by atoms with E-state index in [2.05, 4.69) is 0 Å². The molecule has 0 aliphatic rings. The number of amides is 1. The van der Waals surface area contributed by atoms with Gasteiger partial charge in [-0.25, -0.2) is 0 Å². The molecule has 0 saturated carbocycles. The van der Waals surface area contributed by atoms with E-state index in [4.69, 9.17) is 10.5 Å². The van der Waals surface area contributed by atoms with E-state index < -0.39 is 5.91 Å². The molecule has 0 saturated heterocycles. The molecule has 0 fully saturated rings. The number of nitrogens with zero attached hydrogens (tertiary/aromatic N) is 1. The van der Waals surface area contributed by atoms with Crippen LogP contribution in [0.2, 0.25) is 0 Å². The number of aromatic nitrogens is 1. The molecule has 5 nitrogen and oxygen atoms in total. The Morgan fingerprint density at radius 1 is 1.60 bits per heavy atom. The van der Waals surface area contributed by atoms with E-state index in [-0.39, 0.29) is 11.1 Å². The lowest BCUT2D eigenvalue weighted by molar-refractivity contribution is 0.1000. The maximum atomic E-state index is 11.4. The van der Waals surface area contributed by atoms with Gasteiger partial charge in [0.2, 0.25) is 5.91 Å². The molecular weight excluding hydrogens is 196 g/mol. The Hall–Kier alpha value is -1.62. The Labute approximate surface area is 87.5 Å². The van der Waals surface area contributed by atoms with Gasteiger partial charge in [0.15, 0.2) is 0 Å². The minimum Gasteiger partial charge on any atom is -0.380 e. The zero-order valence-electron chi connectivity index (χ0n) is 8.60. The molecule has 0 unspecified atom stereocenters. The van der Waals surface area contributed by atoms with E-state index in [1.54, 1.807) is 6.20 Å². The van der Waals surface area contributed by atoms with Crippen molar-refractivity contribution in [2.75, 3.05) is 13.2 Å². The number of nitrogens with two attached hydrogens (primary N) is 1. The quantitative estimate of drug-likeness (QED) is 0.694. The summed E-state index contributed by atoms with van der Waals surface area (Å²) in [7, 11) is 0. The minimum atomic E-state index is -0.593. The first-order valence-electron chi connectivity index (χ1n) is 4.73. The Bertz CT molecular complexity index is 398. The van der Waals surface area contributed by atoms with Gasteiger partial charge in [-0.2, -0.15) is 0 Å². The van der Waals surface area contributed by atoms with Gasteiger partial charge in [-0.05, 0) is 13.0 Å². The highest BCUT2D eigenvalue weighted by Crippen LogP contribution is 1.93. The molecule has 0 radical (unpaired) electrons. The normalized spacial score (nSPS) is 10.2. The lowest BCUT2D eigenvalue weighted by Crippen LogP contribution is -2.24. The third-order valence-corrected chi connectivity index (χ3v) is 1.96. The van der Waals surface area contributed by atoms with Crippen molar-refractivity contribution < 1.29 is 9.53 Å². The van der Waals surface area contributed by atoms with Crippen molar-refractivity contribution in [2.24, 2.45) is 5.73 Å². The molecule has 1 aromatic rings. The third-order valence-electron chi connectivity index (χ3n) is 1.96. The van der Waals surface area contributed by atoms with Crippen LogP contribution in [0.25, 0.3) is 0 Å². The molecule has 0 atom stereocenters. The van der Waals surface area contributed by atoms with Crippen LogP contribution in [0, 0.1) is 0 Å². The van der Waals surface area contributed by atoms with Crippen LogP contribution >= 0.6 is 0 Å². The number of hydrogen-bond donors (Lipinski definition) is 1. The maximum Gasteiger partial charge on any atom is 0.251 e. The highest BCUT2D eigenvalue weighted by molar-refractivity contribution is 5.92. The largest absolute Gasteiger partial charge is 0.380 e. The Morgan fingerprint density at radius 3 is 2.87 bits per heavy atom. The summed E-state index contributed by atoms with van der Waals surface area (Å²) < 4.78 is 6.59. The Balaban J connectivity index is 2.75. The highest BCUT2D eigenvalue weighted by atomic mass is 16.5. The van der Waals surface area contributed by atoms with Crippen LogP contribution in [0.15, 0.2) is 23.1 Å². The fraction of sp³-hybridized carbons (Fsp3) is 0.400. The first kappa shape index (κ1) is 11.5. The summed E-state index contributed by atoms with van der Waals surface area (Å²) in [5, 5.41) is 0. The molecule has 1 amide bonds. The number of carbonyl (C=O) groups is 1. The maximum absolute atomic E-state index is 11.4. The van der Waals surface area contributed by atoms with Gasteiger partial charge in [0.05, 0.1) is 6.61 Å². The summed E-state index contributed by atoms with van der Waals surface area (Å²) in [4.78, 5) is 22.2. The summed E-state index contributed by atoms with van der Waals surface area (Å²) in [6.07, 6.45) is 1.54. The highest BCUT2D eigenvalue weighted by Gasteiger charge is 2.02. The zero-order chi connectivity index (χ0) is 11.3. The lowest BCUT2D eigenvalue weighted by atomic mass is 10.2. The van der Waals surface area contributed by atoms with Gasteiger partial charge in [-0.1, -0.05) is 0 Å². The molecule has 15 heavy (non-hydrogen) atoms. The van der Waals surface area contributed by atoms with Crippen LogP contribution in [0.1, 0.15) is 17.3 Å². The predicted molar refractivity (Wildman–Crippen MR) is 55.7 cm³/mol. The molecule has 82 valence electrons. The van der Waals surface area contributed by atoms with Crippen molar-refractivity contribution in [3.63, 3.8) is 0 Å². The molecule has 0 aromatic carbocycles. The third kappa shape index (κ3) is 3.21. The second kappa shape index (κ2) is 5.31. The molecule has 2 N–H and O–H groups in total. The zero-order valence-corrected chi connectivity index (χ0v) is 8.60. The fourth-order valence-electron chi connectivity index (χ4n) is 1.15. The van der Waals surface area contributed by atoms with E-state index in [1.807, 2.05) is 6.92 Å². The number of rotatable bonds is 5. The summed E-state index contributed by atoms with van der Waals surface area (Å²) in [5.41, 5.74) is 5.03. The summed E-state index contributed by atoms with van der Waals surface area (Å²) in [6, 6.07) is 2.75. The standard InChI is InChI=1S/C10H14N2O3/c1-2-15-6-5-12-4-3-8(10(11)14)7-9(12)13/h3-4,7H,2,5-6H2,1H3,(H2,11,14). The van der Waals surface area contributed by atoms with E-state index in [0.717, 1.165) is 0 Å². The Morgan fingerprint density at radius 2 is 2.33 bits per heavy atom. The van der Waals surface area contributed by atoms with Crippen LogP contribution in [0.3, 0.4) is 0 Å². The van der Waals surface area contributed by atoms with Crippen molar-refractivity contribution in [1.82, 2.24) is 4.57 Å². The molecule has 0 bridgehead atoms. The van der Waals surface area contributed by atoms with Gasteiger partial charge in [-0.15, -0.1) is 0 Å². The topological polar surface area (TPSA) is 74.3 Å². The SMILES string of the molecule is CCOCCn1ccc(C(N)=O)cc1=O. The molecule has 5 heteroatoms. The predicted octanol–water partition coefficient (Wildman–Crippen LogP) is -0.0163. The van der Waals surface area contributed by atoms with Gasteiger partial charge >= 0.3 is 0 Å². The second-order valence-corrected chi connectivity index (χ2v) is 3.01. The molecule has 1 heterocycles. The van der Waals surface area contributed by atoms with Crippen LogP contribution in [-0.4, -0.2) is 23.7 Å². The van der Waals surface area contributed by atoms with E-state index in [0.29, 0.717) is 19.8 Å². The molecule has 1 rings (SSSR count). The van der Waals surface area contributed by atoms with Crippen molar-refractivity contribution in [3.8, 4) is 0 Å². The number of hydrogen-bond acceptors (Lipinski definition) is 3. The average Bonchev–Trinajstić information content (AvgIpc) is 2.20. The fourth-order valence-corrected chi connectivity index (χ4v) is 1.15. The molecule has 0 spiro atoms. The molecular formula is C10H14N2O3.